The number of rotatable bonds is 3. The Labute approximate surface area is 177 Å². The Bertz CT molecular complexity index is 956. The fraction of sp³-hybridized carbons (Fsp3) is 0.364. The number of hydrogen-bond donors (Lipinski definition) is 1. The van der Waals surface area contributed by atoms with Crippen molar-refractivity contribution in [1.29, 1.82) is 0 Å². The van der Waals surface area contributed by atoms with Gasteiger partial charge in [0.15, 0.2) is 0 Å². The molecule has 1 aliphatic rings. The highest BCUT2D eigenvalue weighted by Gasteiger charge is 2.49. The van der Waals surface area contributed by atoms with Crippen LogP contribution in [-0.2, 0) is 6.61 Å². The first kappa shape index (κ1) is 21.3. The minimum absolute atomic E-state index is 0.0305. The van der Waals surface area contributed by atoms with Crippen LogP contribution in [0.3, 0.4) is 0 Å². The summed E-state index contributed by atoms with van der Waals surface area (Å²) in [5, 5.41) is 9.77. The number of carbonyl (C=O) groups is 2. The second-order valence-corrected chi connectivity index (χ2v) is 9.15. The first-order valence-corrected chi connectivity index (χ1v) is 10.1. The Morgan fingerprint density at radius 3 is 2.45 bits per heavy atom. The second-order valence-electron chi connectivity index (χ2n) is 8.29. The molecule has 0 spiro atoms. The van der Waals surface area contributed by atoms with Crippen molar-refractivity contribution in [2.75, 3.05) is 0 Å². The minimum atomic E-state index is -1.36. The molecular weight excluding hydrogens is 441 g/mol. The van der Waals surface area contributed by atoms with Crippen LogP contribution in [0.2, 0.25) is 0 Å². The Hall–Kier alpha value is -2.41. The molecule has 0 bridgehead atoms. The molecule has 0 fully saturated rings. The maximum atomic E-state index is 15.1. The van der Waals surface area contributed by atoms with Gasteiger partial charge in [-0.05, 0) is 33.0 Å². The van der Waals surface area contributed by atoms with Crippen molar-refractivity contribution in [1.82, 2.24) is 4.90 Å². The van der Waals surface area contributed by atoms with Gasteiger partial charge in [-0.1, -0.05) is 58.0 Å². The van der Waals surface area contributed by atoms with Crippen LogP contribution >= 0.6 is 15.9 Å². The van der Waals surface area contributed by atoms with E-state index in [4.69, 9.17) is 4.74 Å². The third-order valence-electron chi connectivity index (χ3n) is 5.19. The van der Waals surface area contributed by atoms with Gasteiger partial charge in [0.1, 0.15) is 18.2 Å². The van der Waals surface area contributed by atoms with Gasteiger partial charge in [-0.25, -0.2) is 14.1 Å². The van der Waals surface area contributed by atoms with E-state index in [-0.39, 0.29) is 28.0 Å². The normalized spacial score (nSPS) is 19.1. The van der Waals surface area contributed by atoms with Crippen LogP contribution in [-0.4, -0.2) is 28.0 Å². The number of nitrogens with zero attached hydrogens (tertiary/aromatic N) is 1. The van der Waals surface area contributed by atoms with E-state index in [1.165, 1.54) is 6.07 Å². The fourth-order valence-electron chi connectivity index (χ4n) is 4.09. The van der Waals surface area contributed by atoms with Gasteiger partial charge in [-0.3, -0.25) is 4.79 Å². The SMILES string of the molecule is CC1c2c(F)c(Br)cc(OCc3ccccc3)c2C(=O)N(C(=O)O)C1C(C)(C)C. The van der Waals surface area contributed by atoms with E-state index in [2.05, 4.69) is 15.9 Å². The molecule has 0 radical (unpaired) electrons. The van der Waals surface area contributed by atoms with Crippen LogP contribution < -0.4 is 4.74 Å². The lowest BCUT2D eigenvalue weighted by atomic mass is 9.72. The van der Waals surface area contributed by atoms with Crippen LogP contribution in [0, 0.1) is 11.2 Å². The number of fused-ring (bicyclic) bond motifs is 1. The van der Waals surface area contributed by atoms with Gasteiger partial charge >= 0.3 is 6.09 Å². The van der Waals surface area contributed by atoms with Crippen LogP contribution in [0.1, 0.15) is 55.1 Å². The zero-order valence-corrected chi connectivity index (χ0v) is 18.3. The van der Waals surface area contributed by atoms with Crippen molar-refractivity contribution >= 4 is 27.9 Å². The van der Waals surface area contributed by atoms with Crippen LogP contribution in [0.5, 0.6) is 5.75 Å². The van der Waals surface area contributed by atoms with Gasteiger partial charge in [0, 0.05) is 11.5 Å². The number of carbonyl (C=O) groups excluding carboxylic acids is 1. The lowest BCUT2D eigenvalue weighted by Gasteiger charge is -2.45. The van der Waals surface area contributed by atoms with Gasteiger partial charge in [-0.15, -0.1) is 0 Å². The Kier molecular flexibility index (Phi) is 5.72. The molecule has 1 N–H and O–H groups in total. The third-order valence-corrected chi connectivity index (χ3v) is 5.77. The molecule has 0 aliphatic carbocycles. The summed E-state index contributed by atoms with van der Waals surface area (Å²) >= 11 is 3.22. The van der Waals surface area contributed by atoms with E-state index in [0.717, 1.165) is 10.5 Å². The summed E-state index contributed by atoms with van der Waals surface area (Å²) in [6.07, 6.45) is -1.36. The van der Waals surface area contributed by atoms with Gasteiger partial charge in [0.25, 0.3) is 5.91 Å². The molecular formula is C22H23BrFNO4. The first-order chi connectivity index (χ1) is 13.5. The lowest BCUT2D eigenvalue weighted by Crippen LogP contribution is -2.55. The van der Waals surface area contributed by atoms with E-state index in [1.807, 2.05) is 51.1 Å². The van der Waals surface area contributed by atoms with Crippen LogP contribution in [0.4, 0.5) is 9.18 Å². The van der Waals surface area contributed by atoms with Crippen molar-refractivity contribution < 1.29 is 23.8 Å². The predicted molar refractivity (Wildman–Crippen MR) is 111 cm³/mol. The molecule has 0 saturated heterocycles. The largest absolute Gasteiger partial charge is 0.488 e. The highest BCUT2D eigenvalue weighted by molar-refractivity contribution is 9.10. The minimum Gasteiger partial charge on any atom is -0.488 e. The first-order valence-electron chi connectivity index (χ1n) is 9.29. The number of ether oxygens (including phenoxy) is 1. The molecule has 0 saturated carbocycles. The van der Waals surface area contributed by atoms with E-state index < -0.39 is 35.2 Å². The highest BCUT2D eigenvalue weighted by Crippen LogP contribution is 2.46. The number of benzene rings is 2. The predicted octanol–water partition coefficient (Wildman–Crippen LogP) is 5.82. The Balaban J connectivity index is 2.15. The summed E-state index contributed by atoms with van der Waals surface area (Å²) < 4.78 is 21.2. The van der Waals surface area contributed by atoms with E-state index in [9.17, 15) is 14.7 Å². The van der Waals surface area contributed by atoms with Crippen molar-refractivity contribution in [2.24, 2.45) is 5.41 Å². The molecule has 2 unspecified atom stereocenters. The summed E-state index contributed by atoms with van der Waals surface area (Å²) in [5.41, 5.74) is 0.452. The van der Waals surface area contributed by atoms with Crippen LogP contribution in [0.25, 0.3) is 0 Å². The molecule has 154 valence electrons. The zero-order chi connectivity index (χ0) is 21.5. The number of hydrogen-bond acceptors (Lipinski definition) is 3. The molecule has 5 nitrogen and oxygen atoms in total. The van der Waals surface area contributed by atoms with Gasteiger partial charge in [0.05, 0.1) is 16.1 Å². The molecule has 2 aromatic carbocycles. The van der Waals surface area contributed by atoms with Crippen molar-refractivity contribution in [3.8, 4) is 5.75 Å². The van der Waals surface area contributed by atoms with Gasteiger partial charge in [0.2, 0.25) is 0 Å². The Morgan fingerprint density at radius 1 is 1.28 bits per heavy atom. The summed E-state index contributed by atoms with van der Waals surface area (Å²) in [6.45, 7) is 7.43. The smallest absolute Gasteiger partial charge is 0.414 e. The monoisotopic (exact) mass is 463 g/mol. The molecule has 7 heteroatoms. The van der Waals surface area contributed by atoms with E-state index >= 15 is 4.39 Å². The molecule has 29 heavy (non-hydrogen) atoms. The van der Waals surface area contributed by atoms with Crippen LogP contribution in [0.15, 0.2) is 40.9 Å². The fourth-order valence-corrected chi connectivity index (χ4v) is 4.51. The molecule has 2 aromatic rings. The maximum Gasteiger partial charge on any atom is 0.414 e. The summed E-state index contributed by atoms with van der Waals surface area (Å²) in [4.78, 5) is 26.0. The van der Waals surface area contributed by atoms with Crippen molar-refractivity contribution in [3.05, 3.63) is 63.4 Å². The van der Waals surface area contributed by atoms with E-state index in [0.29, 0.717) is 0 Å². The van der Waals surface area contributed by atoms with Crippen molar-refractivity contribution in [3.63, 3.8) is 0 Å². The standard InChI is InChI=1S/C22H23BrFNO4/c1-12-16-17(20(26)25(21(27)28)19(12)22(2,3)4)15(10-14(23)18(16)24)29-11-13-8-6-5-7-9-13/h5-10,12,19H,11H2,1-4H3,(H,27,28). The average Bonchev–Trinajstić information content (AvgIpc) is 2.64. The number of carboxylic acid groups (broad SMARTS) is 1. The molecule has 2 atom stereocenters. The number of halogens is 2. The molecule has 2 amide bonds. The Morgan fingerprint density at radius 2 is 1.90 bits per heavy atom. The number of amides is 2. The molecule has 1 aliphatic heterocycles. The third kappa shape index (κ3) is 3.88. The lowest BCUT2D eigenvalue weighted by molar-refractivity contribution is 0.0410. The van der Waals surface area contributed by atoms with Gasteiger partial charge < -0.3 is 9.84 Å². The summed E-state index contributed by atoms with van der Waals surface area (Å²) in [6, 6.07) is 10.0. The topological polar surface area (TPSA) is 66.8 Å². The second kappa shape index (κ2) is 7.78. The van der Waals surface area contributed by atoms with Crippen molar-refractivity contribution in [2.45, 2.75) is 46.3 Å². The average molecular weight is 464 g/mol. The molecule has 1 heterocycles. The highest BCUT2D eigenvalue weighted by atomic mass is 79.9. The van der Waals surface area contributed by atoms with Gasteiger partial charge in [-0.2, -0.15) is 0 Å². The van der Waals surface area contributed by atoms with E-state index in [1.54, 1.807) is 6.92 Å². The summed E-state index contributed by atoms with van der Waals surface area (Å²) in [5.74, 6) is -1.71. The molecule has 0 aromatic heterocycles. The zero-order valence-electron chi connectivity index (χ0n) is 16.7. The quantitative estimate of drug-likeness (QED) is 0.622. The number of imide groups is 1. The molecule has 3 rings (SSSR count). The maximum absolute atomic E-state index is 15.1. The summed E-state index contributed by atoms with van der Waals surface area (Å²) in [7, 11) is 0.